The van der Waals surface area contributed by atoms with E-state index in [-0.39, 0.29) is 6.42 Å². The average Bonchev–Trinajstić information content (AvgIpc) is 2.61. The molecule has 1 aliphatic heterocycles. The summed E-state index contributed by atoms with van der Waals surface area (Å²) < 4.78 is 5.23. The van der Waals surface area contributed by atoms with Crippen molar-refractivity contribution >= 4 is 23.7 Å². The molecule has 0 bridgehead atoms. The number of imide groups is 3. The lowest BCUT2D eigenvalue weighted by atomic mass is 9.79. The standard InChI is InChI=1S/C14H17NO5/c1-7(2)14(19)20-9-4-5-10-11(6-9)13(18)15(8(3)16)12(10)17/h9-11H,1,4-6H2,2-3H3. The van der Waals surface area contributed by atoms with Gasteiger partial charge in [-0.1, -0.05) is 6.58 Å². The fraction of sp³-hybridized carbons (Fsp3) is 0.571. The number of hydrogen-bond acceptors (Lipinski definition) is 5. The summed E-state index contributed by atoms with van der Waals surface area (Å²) in [4.78, 5) is 47.6. The zero-order chi connectivity index (χ0) is 15.0. The maximum atomic E-state index is 12.1. The first-order valence-electron chi connectivity index (χ1n) is 6.57. The summed E-state index contributed by atoms with van der Waals surface area (Å²) in [5, 5.41) is 0. The molecule has 0 radical (unpaired) electrons. The molecule has 3 unspecified atom stereocenters. The molecule has 20 heavy (non-hydrogen) atoms. The Kier molecular flexibility index (Phi) is 3.74. The molecule has 0 aromatic rings. The third-order valence-corrected chi connectivity index (χ3v) is 3.81. The van der Waals surface area contributed by atoms with E-state index >= 15 is 0 Å². The number of nitrogens with zero attached hydrogens (tertiary/aromatic N) is 1. The van der Waals surface area contributed by atoms with Crippen molar-refractivity contribution < 1.29 is 23.9 Å². The van der Waals surface area contributed by atoms with Crippen LogP contribution in [0.4, 0.5) is 0 Å². The van der Waals surface area contributed by atoms with Gasteiger partial charge in [-0.25, -0.2) is 9.69 Å². The zero-order valence-corrected chi connectivity index (χ0v) is 11.5. The average molecular weight is 279 g/mol. The summed E-state index contributed by atoms with van der Waals surface area (Å²) in [5.74, 6) is -2.94. The summed E-state index contributed by atoms with van der Waals surface area (Å²) in [7, 11) is 0. The minimum absolute atomic E-state index is 0.290. The van der Waals surface area contributed by atoms with E-state index in [2.05, 4.69) is 6.58 Å². The van der Waals surface area contributed by atoms with E-state index in [0.29, 0.717) is 18.4 Å². The lowest BCUT2D eigenvalue weighted by molar-refractivity contribution is -0.151. The molecule has 3 amide bonds. The second-order valence-electron chi connectivity index (χ2n) is 5.36. The highest BCUT2D eigenvalue weighted by atomic mass is 16.5. The number of carbonyl (C=O) groups excluding carboxylic acids is 4. The van der Waals surface area contributed by atoms with E-state index in [1.54, 1.807) is 6.92 Å². The smallest absolute Gasteiger partial charge is 0.333 e. The summed E-state index contributed by atoms with van der Waals surface area (Å²) >= 11 is 0. The maximum absolute atomic E-state index is 12.1. The Morgan fingerprint density at radius 3 is 2.30 bits per heavy atom. The van der Waals surface area contributed by atoms with Crippen molar-refractivity contribution in [2.45, 2.75) is 39.2 Å². The molecule has 3 atom stereocenters. The Morgan fingerprint density at radius 1 is 1.15 bits per heavy atom. The predicted octanol–water partition coefficient (Wildman–Crippen LogP) is 0.806. The van der Waals surface area contributed by atoms with Crippen LogP contribution in [0.25, 0.3) is 0 Å². The summed E-state index contributed by atoms with van der Waals surface area (Å²) in [6, 6.07) is 0. The predicted molar refractivity (Wildman–Crippen MR) is 68.1 cm³/mol. The molecule has 0 N–H and O–H groups in total. The maximum Gasteiger partial charge on any atom is 0.333 e. The van der Waals surface area contributed by atoms with Crippen LogP contribution in [0.15, 0.2) is 12.2 Å². The zero-order valence-electron chi connectivity index (χ0n) is 11.5. The van der Waals surface area contributed by atoms with E-state index in [1.165, 1.54) is 6.92 Å². The molecule has 0 spiro atoms. The van der Waals surface area contributed by atoms with Gasteiger partial charge in [-0.2, -0.15) is 0 Å². The molecule has 2 fully saturated rings. The minimum Gasteiger partial charge on any atom is -0.459 e. The number of amides is 3. The van der Waals surface area contributed by atoms with Gasteiger partial charge in [-0.3, -0.25) is 14.4 Å². The van der Waals surface area contributed by atoms with Crippen LogP contribution < -0.4 is 0 Å². The second kappa shape index (κ2) is 5.19. The van der Waals surface area contributed by atoms with E-state index in [0.717, 1.165) is 4.90 Å². The number of fused-ring (bicyclic) bond motifs is 1. The molecule has 6 heteroatoms. The minimum atomic E-state index is -0.553. The third-order valence-electron chi connectivity index (χ3n) is 3.81. The highest BCUT2D eigenvalue weighted by Gasteiger charge is 2.52. The molecule has 1 aliphatic carbocycles. The molecule has 0 aromatic carbocycles. The Labute approximate surface area is 116 Å². The van der Waals surface area contributed by atoms with E-state index in [1.807, 2.05) is 0 Å². The van der Waals surface area contributed by atoms with Crippen LogP contribution in [0.2, 0.25) is 0 Å². The van der Waals surface area contributed by atoms with Crippen LogP contribution in [0.3, 0.4) is 0 Å². The molecule has 1 heterocycles. The third kappa shape index (κ3) is 2.37. The van der Waals surface area contributed by atoms with Crippen molar-refractivity contribution in [3.8, 4) is 0 Å². The fourth-order valence-corrected chi connectivity index (χ4v) is 2.81. The SMILES string of the molecule is C=C(C)C(=O)OC1CCC2C(=O)N(C(C)=O)C(=O)C2C1. The molecule has 2 aliphatic rings. The van der Waals surface area contributed by atoms with Gasteiger partial charge in [-0.05, 0) is 26.2 Å². The van der Waals surface area contributed by atoms with Crippen LogP contribution in [-0.4, -0.2) is 34.7 Å². The number of likely N-dealkylation sites (tertiary alicyclic amines) is 1. The van der Waals surface area contributed by atoms with Crippen molar-refractivity contribution in [2.24, 2.45) is 11.8 Å². The second-order valence-corrected chi connectivity index (χ2v) is 5.36. The van der Waals surface area contributed by atoms with E-state index < -0.39 is 41.6 Å². The normalized spacial score (nSPS) is 29.1. The van der Waals surface area contributed by atoms with Gasteiger partial charge in [0, 0.05) is 12.5 Å². The molecule has 1 saturated carbocycles. The van der Waals surface area contributed by atoms with Crippen LogP contribution in [-0.2, 0) is 23.9 Å². The van der Waals surface area contributed by atoms with Gasteiger partial charge in [0.15, 0.2) is 0 Å². The Balaban J connectivity index is 2.09. The van der Waals surface area contributed by atoms with E-state index in [9.17, 15) is 19.2 Å². The molecule has 2 rings (SSSR count). The number of hydrogen-bond donors (Lipinski definition) is 0. The lowest BCUT2D eigenvalue weighted by Crippen LogP contribution is -2.35. The highest BCUT2D eigenvalue weighted by Crippen LogP contribution is 2.39. The van der Waals surface area contributed by atoms with Crippen molar-refractivity contribution in [3.05, 3.63) is 12.2 Å². The number of ether oxygens (including phenoxy) is 1. The quantitative estimate of drug-likeness (QED) is 0.424. The number of carbonyl (C=O) groups is 4. The van der Waals surface area contributed by atoms with Crippen LogP contribution >= 0.6 is 0 Å². The first-order chi connectivity index (χ1) is 9.32. The summed E-state index contributed by atoms with van der Waals surface area (Å²) in [6.07, 6.45) is 0.861. The Morgan fingerprint density at radius 2 is 1.75 bits per heavy atom. The highest BCUT2D eigenvalue weighted by molar-refractivity contribution is 6.16. The Hall–Kier alpha value is -1.98. The molecule has 0 aromatic heterocycles. The molecular formula is C14H17NO5. The van der Waals surface area contributed by atoms with Gasteiger partial charge in [-0.15, -0.1) is 0 Å². The van der Waals surface area contributed by atoms with Crippen LogP contribution in [0.1, 0.15) is 33.1 Å². The van der Waals surface area contributed by atoms with Crippen molar-refractivity contribution in [1.29, 1.82) is 0 Å². The van der Waals surface area contributed by atoms with Crippen molar-refractivity contribution in [3.63, 3.8) is 0 Å². The van der Waals surface area contributed by atoms with Gasteiger partial charge in [0.2, 0.25) is 17.7 Å². The number of rotatable bonds is 2. The van der Waals surface area contributed by atoms with Crippen LogP contribution in [0, 0.1) is 11.8 Å². The number of esters is 1. The molecular weight excluding hydrogens is 262 g/mol. The van der Waals surface area contributed by atoms with Gasteiger partial charge < -0.3 is 4.74 Å². The largest absolute Gasteiger partial charge is 0.459 e. The summed E-state index contributed by atoms with van der Waals surface area (Å²) in [5.41, 5.74) is 0.298. The fourth-order valence-electron chi connectivity index (χ4n) is 2.81. The first-order valence-corrected chi connectivity index (χ1v) is 6.57. The van der Waals surface area contributed by atoms with Crippen molar-refractivity contribution in [1.82, 2.24) is 4.90 Å². The first kappa shape index (κ1) is 14.4. The Bertz CT molecular complexity index is 510. The monoisotopic (exact) mass is 279 g/mol. The van der Waals surface area contributed by atoms with Gasteiger partial charge in [0.25, 0.3) is 0 Å². The summed E-state index contributed by atoms with van der Waals surface area (Å²) in [6.45, 7) is 6.25. The van der Waals surface area contributed by atoms with E-state index in [4.69, 9.17) is 4.74 Å². The lowest BCUT2D eigenvalue weighted by Gasteiger charge is -2.28. The van der Waals surface area contributed by atoms with Gasteiger partial charge >= 0.3 is 5.97 Å². The molecule has 108 valence electrons. The topological polar surface area (TPSA) is 80.8 Å². The van der Waals surface area contributed by atoms with Crippen LogP contribution in [0.5, 0.6) is 0 Å². The molecule has 6 nitrogen and oxygen atoms in total. The van der Waals surface area contributed by atoms with Gasteiger partial charge in [0.1, 0.15) is 6.10 Å². The van der Waals surface area contributed by atoms with Crippen molar-refractivity contribution in [2.75, 3.05) is 0 Å². The molecule has 1 saturated heterocycles. The van der Waals surface area contributed by atoms with Gasteiger partial charge in [0.05, 0.1) is 11.8 Å².